The van der Waals surface area contributed by atoms with Gasteiger partial charge in [0, 0.05) is 54.0 Å². The van der Waals surface area contributed by atoms with Crippen LogP contribution in [-0.4, -0.2) is 64.8 Å². The van der Waals surface area contributed by atoms with Crippen molar-refractivity contribution >= 4 is 70.9 Å². The quantitative estimate of drug-likeness (QED) is 0.114. The first-order chi connectivity index (χ1) is 19.1. The van der Waals surface area contributed by atoms with Crippen LogP contribution < -0.4 is 20.7 Å². The standard InChI is InChI=1S/C23H25FN5O7PS3/c1-35-37(34,36-2)9-15(16-11-40-23(25)26-16)19(30)27-17-20(31)29-18(22(32)33)13(10-39-21(17)29)5-8-38-14-3-6-28(12-24)7-4-14/h3-4,6-7,9,11,17,21H,5,8,10,12H2,1-2H3,(H3-,25,26,27,30,32,33)/b15-9-/t17-,21-/m1/s1. The number of nitrogen functional groups attached to an aromatic ring is 1. The Morgan fingerprint density at radius 2 is 2.08 bits per heavy atom. The zero-order valence-electron chi connectivity index (χ0n) is 21.3. The van der Waals surface area contributed by atoms with E-state index in [4.69, 9.17) is 14.8 Å². The molecule has 0 bridgehead atoms. The van der Waals surface area contributed by atoms with E-state index < -0.39 is 43.6 Å². The molecule has 1 fully saturated rings. The molecule has 1 saturated heterocycles. The molecule has 0 radical (unpaired) electrons. The van der Waals surface area contributed by atoms with Crippen LogP contribution >= 0.6 is 42.5 Å². The molecule has 2 amide bonds. The van der Waals surface area contributed by atoms with E-state index in [1.54, 1.807) is 24.5 Å². The van der Waals surface area contributed by atoms with Crippen molar-refractivity contribution in [3.8, 4) is 0 Å². The molecule has 12 nitrogen and oxygen atoms in total. The number of carboxylic acids is 1. The fourth-order valence-corrected chi connectivity index (χ4v) is 7.76. The molecule has 4 heterocycles. The van der Waals surface area contributed by atoms with Gasteiger partial charge in [0.15, 0.2) is 17.5 Å². The van der Waals surface area contributed by atoms with Gasteiger partial charge in [0.1, 0.15) is 11.4 Å². The number of carbonyl (C=O) groups is 3. The van der Waals surface area contributed by atoms with Gasteiger partial charge in [-0.2, -0.15) is 8.96 Å². The number of nitrogens with two attached hydrogens (primary N) is 1. The first kappa shape index (κ1) is 30.2. The van der Waals surface area contributed by atoms with Gasteiger partial charge in [-0.3, -0.25) is 19.1 Å². The Kier molecular flexibility index (Phi) is 9.69. The van der Waals surface area contributed by atoms with Crippen LogP contribution in [0.2, 0.25) is 0 Å². The summed E-state index contributed by atoms with van der Waals surface area (Å²) in [5, 5.41) is 15.6. The second-order valence-electron chi connectivity index (χ2n) is 8.39. The van der Waals surface area contributed by atoms with Crippen LogP contribution in [0.3, 0.4) is 0 Å². The lowest BCUT2D eigenvalue weighted by molar-refractivity contribution is -0.718. The molecule has 3 N–H and O–H groups in total. The molecule has 2 aliphatic rings. The summed E-state index contributed by atoms with van der Waals surface area (Å²) in [7, 11) is -1.50. The second-order valence-corrected chi connectivity index (χ2v) is 13.6. The molecule has 0 aromatic carbocycles. The number of thioether (sulfide) groups is 2. The van der Waals surface area contributed by atoms with E-state index in [0.29, 0.717) is 23.5 Å². The number of aliphatic carboxylic acids is 1. The Morgan fingerprint density at radius 3 is 2.65 bits per heavy atom. The largest absolute Gasteiger partial charge is 0.543 e. The van der Waals surface area contributed by atoms with Crippen molar-refractivity contribution in [2.24, 2.45) is 0 Å². The Bertz CT molecular complexity index is 1410. The summed E-state index contributed by atoms with van der Waals surface area (Å²) >= 11 is 3.84. The van der Waals surface area contributed by atoms with Crippen LogP contribution in [-0.2, 0) is 34.8 Å². The van der Waals surface area contributed by atoms with Crippen LogP contribution in [0, 0.1) is 0 Å². The van der Waals surface area contributed by atoms with Gasteiger partial charge in [-0.05, 0) is 12.0 Å². The summed E-state index contributed by atoms with van der Waals surface area (Å²) in [6.07, 6.45) is 3.60. The summed E-state index contributed by atoms with van der Waals surface area (Å²) in [5.74, 6) is -1.04. The van der Waals surface area contributed by atoms with E-state index >= 15 is 0 Å². The highest BCUT2D eigenvalue weighted by Gasteiger charge is 2.53. The minimum Gasteiger partial charge on any atom is -0.543 e. The molecule has 2 aromatic rings. The summed E-state index contributed by atoms with van der Waals surface area (Å²) in [4.78, 5) is 44.5. The van der Waals surface area contributed by atoms with E-state index in [9.17, 15) is 28.4 Å². The average Bonchev–Trinajstić information content (AvgIpc) is 3.39. The van der Waals surface area contributed by atoms with Crippen LogP contribution in [0.1, 0.15) is 12.1 Å². The molecular formula is C23H25FN5O7PS3. The molecule has 4 rings (SSSR count). The normalized spacial score (nSPS) is 19.3. The van der Waals surface area contributed by atoms with Crippen molar-refractivity contribution in [2.75, 3.05) is 31.5 Å². The maximum atomic E-state index is 13.2. The fourth-order valence-electron chi connectivity index (χ4n) is 3.98. The first-order valence-electron chi connectivity index (χ1n) is 11.6. The van der Waals surface area contributed by atoms with Crippen molar-refractivity contribution in [1.82, 2.24) is 15.2 Å². The minimum absolute atomic E-state index is 0.113. The maximum Gasteiger partial charge on any atom is 0.354 e. The molecule has 0 aliphatic carbocycles. The van der Waals surface area contributed by atoms with E-state index in [0.717, 1.165) is 41.2 Å². The highest BCUT2D eigenvalue weighted by Crippen LogP contribution is 2.50. The number of thiazole rings is 1. The molecule has 17 heteroatoms. The average molecular weight is 630 g/mol. The van der Waals surface area contributed by atoms with Crippen LogP contribution in [0.4, 0.5) is 9.52 Å². The molecule has 214 valence electrons. The number of nitrogens with zero attached hydrogens (tertiary/aromatic N) is 3. The molecule has 0 unspecified atom stereocenters. The predicted molar refractivity (Wildman–Crippen MR) is 146 cm³/mol. The Balaban J connectivity index is 1.48. The lowest BCUT2D eigenvalue weighted by atomic mass is 10.0. The summed E-state index contributed by atoms with van der Waals surface area (Å²) in [6, 6.07) is 2.48. The van der Waals surface area contributed by atoms with E-state index in [1.165, 1.54) is 33.5 Å². The number of carboxylic acid groups (broad SMARTS) is 1. The SMILES string of the molecule is COP(=O)(/C=C(\C(=O)N[C@@H]1C(=O)N2C(C(=O)[O-])=C(CCSc3cc[n+](CF)cc3)CS[C@H]12)c1csc(N)n1)OC. The third-order valence-corrected chi connectivity index (χ3v) is 10.7. The monoisotopic (exact) mass is 629 g/mol. The molecular weight excluding hydrogens is 604 g/mol. The Morgan fingerprint density at radius 1 is 1.38 bits per heavy atom. The van der Waals surface area contributed by atoms with Gasteiger partial charge in [-0.15, -0.1) is 34.9 Å². The third kappa shape index (κ3) is 6.42. The van der Waals surface area contributed by atoms with Crippen molar-refractivity contribution in [1.29, 1.82) is 0 Å². The number of anilines is 1. The van der Waals surface area contributed by atoms with Crippen molar-refractivity contribution < 1.29 is 42.1 Å². The predicted octanol–water partition coefficient (Wildman–Crippen LogP) is 1.35. The molecule has 2 atom stereocenters. The Labute approximate surface area is 241 Å². The number of carbonyl (C=O) groups excluding carboxylic acids is 3. The van der Waals surface area contributed by atoms with Crippen molar-refractivity contribution in [2.45, 2.75) is 29.5 Å². The van der Waals surface area contributed by atoms with Gasteiger partial charge >= 0.3 is 7.60 Å². The molecule has 0 spiro atoms. The van der Waals surface area contributed by atoms with E-state index in [1.807, 2.05) is 0 Å². The lowest BCUT2D eigenvalue weighted by Crippen LogP contribution is -2.71. The fraction of sp³-hybridized carbons (Fsp3) is 0.348. The van der Waals surface area contributed by atoms with E-state index in [-0.39, 0.29) is 22.1 Å². The zero-order chi connectivity index (χ0) is 29.0. The van der Waals surface area contributed by atoms with Gasteiger partial charge in [0.05, 0.1) is 22.9 Å². The number of hydrogen-bond acceptors (Lipinski definition) is 12. The number of nitrogens with one attached hydrogen (secondary N) is 1. The van der Waals surface area contributed by atoms with Gasteiger partial charge in [0.25, 0.3) is 18.6 Å². The van der Waals surface area contributed by atoms with Gasteiger partial charge in [0.2, 0.25) is 0 Å². The number of alkyl halides is 1. The van der Waals surface area contributed by atoms with Gasteiger partial charge in [-0.25, -0.2) is 4.98 Å². The van der Waals surface area contributed by atoms with Crippen molar-refractivity contribution in [3.05, 3.63) is 52.7 Å². The summed E-state index contributed by atoms with van der Waals surface area (Å²) in [6.45, 7) is -0.630. The smallest absolute Gasteiger partial charge is 0.354 e. The van der Waals surface area contributed by atoms with Crippen molar-refractivity contribution in [3.63, 3.8) is 0 Å². The first-order valence-corrected chi connectivity index (χ1v) is 16.2. The molecule has 0 saturated carbocycles. The highest BCUT2D eigenvalue weighted by atomic mass is 32.2. The number of hydrogen-bond donors (Lipinski definition) is 2. The van der Waals surface area contributed by atoms with Crippen LogP contribution in [0.25, 0.3) is 5.57 Å². The zero-order valence-corrected chi connectivity index (χ0v) is 24.6. The summed E-state index contributed by atoms with van der Waals surface area (Å²) in [5.41, 5.74) is 5.99. The maximum absolute atomic E-state index is 13.2. The number of amides is 2. The van der Waals surface area contributed by atoms with Gasteiger partial charge < -0.3 is 30.0 Å². The summed E-state index contributed by atoms with van der Waals surface area (Å²) < 4.78 is 36.6. The topological polar surface area (TPSA) is 168 Å². The Hall–Kier alpha value is -2.75. The van der Waals surface area contributed by atoms with E-state index in [2.05, 4.69) is 10.3 Å². The highest BCUT2D eigenvalue weighted by molar-refractivity contribution is 8.00. The number of halogens is 1. The van der Waals surface area contributed by atoms with Crippen LogP contribution in [0.5, 0.6) is 0 Å². The van der Waals surface area contributed by atoms with Gasteiger partial charge in [-0.1, -0.05) is 0 Å². The minimum atomic E-state index is -3.81. The number of pyridine rings is 1. The molecule has 2 aliphatic heterocycles. The molecule has 40 heavy (non-hydrogen) atoms. The van der Waals surface area contributed by atoms with Crippen LogP contribution in [0.15, 0.2) is 51.9 Å². The number of aromatic nitrogens is 2. The lowest BCUT2D eigenvalue weighted by Gasteiger charge is -2.51. The number of rotatable bonds is 12. The number of β-lactam (4-membered cyclic amide) rings is 1. The number of fused-ring (bicyclic) bond motifs is 1. The second kappa shape index (κ2) is 12.8. The third-order valence-electron chi connectivity index (χ3n) is 6.04. The molecule has 2 aromatic heterocycles.